The van der Waals surface area contributed by atoms with Crippen LogP contribution in [0.25, 0.3) is 16.2 Å². The van der Waals surface area contributed by atoms with Crippen molar-refractivity contribution in [2.45, 2.75) is 32.2 Å². The highest BCUT2D eigenvalue weighted by Crippen LogP contribution is 2.35. The minimum Gasteiger partial charge on any atom is -0.355 e. The second-order valence-corrected chi connectivity index (χ2v) is 8.48. The number of likely N-dealkylation sites (tertiary alicyclic amines) is 1. The van der Waals surface area contributed by atoms with Gasteiger partial charge in [0.05, 0.1) is 11.6 Å². The van der Waals surface area contributed by atoms with E-state index in [1.54, 1.807) is 23.5 Å². The van der Waals surface area contributed by atoms with Crippen molar-refractivity contribution >= 4 is 50.9 Å². The van der Waals surface area contributed by atoms with E-state index in [1.165, 1.54) is 0 Å². The molecule has 1 aromatic carbocycles. The van der Waals surface area contributed by atoms with Crippen LogP contribution in [0.1, 0.15) is 31.1 Å². The van der Waals surface area contributed by atoms with Crippen molar-refractivity contribution in [3.8, 4) is 0 Å². The molecule has 1 aliphatic rings. The van der Waals surface area contributed by atoms with Crippen LogP contribution in [0.2, 0.25) is 5.02 Å². The van der Waals surface area contributed by atoms with Gasteiger partial charge < -0.3 is 10.6 Å². The molecule has 7 heteroatoms. The first kappa shape index (κ1) is 20.8. The number of hydrogen-bond acceptors (Lipinski definition) is 4. The maximum absolute atomic E-state index is 12.3. The lowest BCUT2D eigenvalue weighted by Gasteiger charge is -2.31. The van der Waals surface area contributed by atoms with Crippen LogP contribution in [-0.4, -0.2) is 48.9 Å². The van der Waals surface area contributed by atoms with Gasteiger partial charge in [-0.1, -0.05) is 36.7 Å². The Morgan fingerprint density at radius 1 is 1.29 bits per heavy atom. The fraction of sp³-hybridized carbons (Fsp3) is 0.429. The second kappa shape index (κ2) is 10.0. The number of nitrogens with zero attached hydrogens (tertiary/aromatic N) is 1. The third-order valence-electron chi connectivity index (χ3n) is 4.82. The number of fused-ring (bicyclic) bond motifs is 1. The van der Waals surface area contributed by atoms with Gasteiger partial charge in [-0.15, -0.1) is 11.3 Å². The molecule has 2 heterocycles. The van der Waals surface area contributed by atoms with Gasteiger partial charge in [0.25, 0.3) is 0 Å². The lowest BCUT2D eigenvalue weighted by Crippen LogP contribution is -2.47. The predicted octanol–water partition coefficient (Wildman–Crippen LogP) is 3.67. The molecule has 5 nitrogen and oxygen atoms in total. The molecule has 3 rings (SSSR count). The quantitative estimate of drug-likeness (QED) is 0.673. The molecule has 2 amide bonds. The third kappa shape index (κ3) is 5.56. The van der Waals surface area contributed by atoms with Crippen LogP contribution in [0.4, 0.5) is 0 Å². The summed E-state index contributed by atoms with van der Waals surface area (Å²) < 4.78 is 1.11. The number of halogens is 1. The zero-order chi connectivity index (χ0) is 19.9. The first-order chi connectivity index (χ1) is 13.6. The number of piperidine rings is 1. The van der Waals surface area contributed by atoms with E-state index >= 15 is 0 Å². The average molecular weight is 420 g/mol. The molecular weight excluding hydrogens is 394 g/mol. The second-order valence-electron chi connectivity index (χ2n) is 7.02. The van der Waals surface area contributed by atoms with Gasteiger partial charge in [-0.25, -0.2) is 0 Å². The molecule has 150 valence electrons. The summed E-state index contributed by atoms with van der Waals surface area (Å²) >= 11 is 7.99. The van der Waals surface area contributed by atoms with E-state index in [0.717, 1.165) is 53.9 Å². The molecule has 28 heavy (non-hydrogen) atoms. The molecule has 1 fully saturated rings. The number of hydrogen-bond donors (Lipinski definition) is 2. The Bertz CT molecular complexity index is 856. The molecule has 0 radical (unpaired) electrons. The fourth-order valence-corrected chi connectivity index (χ4v) is 4.70. The number of nitrogens with one attached hydrogen (secondary N) is 2. The zero-order valence-corrected chi connectivity index (χ0v) is 17.6. The van der Waals surface area contributed by atoms with E-state index in [2.05, 4.69) is 15.5 Å². The first-order valence-electron chi connectivity index (χ1n) is 9.71. The molecule has 2 N–H and O–H groups in total. The summed E-state index contributed by atoms with van der Waals surface area (Å²) in [6, 6.07) is 8.10. The smallest absolute Gasteiger partial charge is 0.244 e. The molecule has 0 unspecified atom stereocenters. The molecule has 0 saturated carbocycles. The molecule has 2 aromatic rings. The van der Waals surface area contributed by atoms with Crippen molar-refractivity contribution in [2.24, 2.45) is 0 Å². The van der Waals surface area contributed by atoms with Crippen molar-refractivity contribution in [2.75, 3.05) is 26.2 Å². The van der Waals surface area contributed by atoms with Gasteiger partial charge in [0, 0.05) is 46.7 Å². The standard InChI is InChI=1S/C21H26ClN3O2S/c1-2-11-23-20(27)14-25-12-9-15(10-13-25)24-19(26)8-7-18-21(22)16-5-3-4-6-17(16)28-18/h3-8,15H,2,9-14H2,1H3,(H,23,27)(H,24,26)/b8-7+. The SMILES string of the molecule is CCCNC(=O)CN1CCC(NC(=O)/C=C/c2sc3ccccc3c2Cl)CC1. The molecule has 0 bridgehead atoms. The maximum atomic E-state index is 12.3. The van der Waals surface area contributed by atoms with Crippen molar-refractivity contribution in [1.82, 2.24) is 15.5 Å². The Hall–Kier alpha value is -1.89. The van der Waals surface area contributed by atoms with E-state index in [0.29, 0.717) is 11.6 Å². The van der Waals surface area contributed by atoms with Crippen LogP contribution in [-0.2, 0) is 9.59 Å². The van der Waals surface area contributed by atoms with Crippen LogP contribution in [0, 0.1) is 0 Å². The van der Waals surface area contributed by atoms with Gasteiger partial charge in [0.2, 0.25) is 11.8 Å². The highest BCUT2D eigenvalue weighted by molar-refractivity contribution is 7.20. The van der Waals surface area contributed by atoms with Crippen molar-refractivity contribution in [3.63, 3.8) is 0 Å². The van der Waals surface area contributed by atoms with E-state index in [4.69, 9.17) is 11.6 Å². The summed E-state index contributed by atoms with van der Waals surface area (Å²) in [5, 5.41) is 7.67. The summed E-state index contributed by atoms with van der Waals surface area (Å²) in [7, 11) is 0. The minimum atomic E-state index is -0.104. The predicted molar refractivity (Wildman–Crippen MR) is 117 cm³/mol. The molecular formula is C21H26ClN3O2S. The highest BCUT2D eigenvalue weighted by Gasteiger charge is 2.21. The van der Waals surface area contributed by atoms with Gasteiger partial charge in [0.1, 0.15) is 0 Å². The van der Waals surface area contributed by atoms with Gasteiger partial charge in [0.15, 0.2) is 0 Å². The summed E-state index contributed by atoms with van der Waals surface area (Å²) in [5.41, 5.74) is 0. The molecule has 0 spiro atoms. The van der Waals surface area contributed by atoms with Gasteiger partial charge in [-0.05, 0) is 31.4 Å². The Labute approximate surface area is 174 Å². The number of benzene rings is 1. The van der Waals surface area contributed by atoms with Crippen LogP contribution < -0.4 is 10.6 Å². The molecule has 1 aromatic heterocycles. The molecule has 1 saturated heterocycles. The van der Waals surface area contributed by atoms with Crippen LogP contribution in [0.5, 0.6) is 0 Å². The summed E-state index contributed by atoms with van der Waals surface area (Å²) in [6.45, 7) is 4.83. The van der Waals surface area contributed by atoms with Crippen LogP contribution >= 0.6 is 22.9 Å². The van der Waals surface area contributed by atoms with Crippen LogP contribution in [0.3, 0.4) is 0 Å². The number of carbonyl (C=O) groups excluding carboxylic acids is 2. The molecule has 0 aliphatic carbocycles. The Kier molecular flexibility index (Phi) is 7.48. The van der Waals surface area contributed by atoms with E-state index in [9.17, 15) is 9.59 Å². The zero-order valence-electron chi connectivity index (χ0n) is 16.0. The van der Waals surface area contributed by atoms with Crippen molar-refractivity contribution in [3.05, 3.63) is 40.2 Å². The average Bonchev–Trinajstić information content (AvgIpc) is 3.02. The fourth-order valence-electron chi connectivity index (χ4n) is 3.30. The van der Waals surface area contributed by atoms with Gasteiger partial charge in [-0.3, -0.25) is 14.5 Å². The third-order valence-corrected chi connectivity index (χ3v) is 6.47. The van der Waals surface area contributed by atoms with E-state index in [-0.39, 0.29) is 17.9 Å². The summed E-state index contributed by atoms with van der Waals surface area (Å²) in [6.07, 6.45) is 5.99. The lowest BCUT2D eigenvalue weighted by atomic mass is 10.0. The number of amides is 2. The first-order valence-corrected chi connectivity index (χ1v) is 10.9. The van der Waals surface area contributed by atoms with E-state index < -0.39 is 0 Å². The lowest BCUT2D eigenvalue weighted by molar-refractivity contribution is -0.123. The largest absolute Gasteiger partial charge is 0.355 e. The highest BCUT2D eigenvalue weighted by atomic mass is 35.5. The maximum Gasteiger partial charge on any atom is 0.244 e. The summed E-state index contributed by atoms with van der Waals surface area (Å²) in [5.74, 6) is -0.0276. The topological polar surface area (TPSA) is 61.4 Å². The minimum absolute atomic E-state index is 0.0764. The Morgan fingerprint density at radius 2 is 2.04 bits per heavy atom. The van der Waals surface area contributed by atoms with Crippen molar-refractivity contribution < 1.29 is 9.59 Å². The van der Waals surface area contributed by atoms with Gasteiger partial charge >= 0.3 is 0 Å². The number of rotatable bonds is 7. The number of thiophene rings is 1. The Morgan fingerprint density at radius 3 is 2.75 bits per heavy atom. The van der Waals surface area contributed by atoms with Crippen molar-refractivity contribution in [1.29, 1.82) is 0 Å². The number of carbonyl (C=O) groups is 2. The Balaban J connectivity index is 1.46. The van der Waals surface area contributed by atoms with Crippen LogP contribution in [0.15, 0.2) is 30.3 Å². The monoisotopic (exact) mass is 419 g/mol. The molecule has 1 aliphatic heterocycles. The van der Waals surface area contributed by atoms with E-state index in [1.807, 2.05) is 31.2 Å². The normalized spacial score (nSPS) is 15.9. The molecule has 0 atom stereocenters. The summed E-state index contributed by atoms with van der Waals surface area (Å²) in [4.78, 5) is 27.1. The van der Waals surface area contributed by atoms with Gasteiger partial charge in [-0.2, -0.15) is 0 Å².